The average Bonchev–Trinajstić information content (AvgIpc) is 2.48. The van der Waals surface area contributed by atoms with Crippen LogP contribution in [0.15, 0.2) is 40.9 Å². The number of carbonyl (C=O) groups excluding carboxylic acids is 1. The molecule has 0 bridgehead atoms. The Balaban J connectivity index is 1.98. The first-order chi connectivity index (χ1) is 10.1. The van der Waals surface area contributed by atoms with Crippen LogP contribution in [0.25, 0.3) is 0 Å². The van der Waals surface area contributed by atoms with E-state index in [-0.39, 0.29) is 11.7 Å². The largest absolute Gasteiger partial charge is 0.399 e. The SMILES string of the molecule is Nc1ccc2c(c1)CCCN2C(=O)c1ccc(F)c(Br)c1. The van der Waals surface area contributed by atoms with Gasteiger partial charge in [0, 0.05) is 23.5 Å². The maximum Gasteiger partial charge on any atom is 0.258 e. The Labute approximate surface area is 130 Å². The molecule has 2 N–H and O–H groups in total. The Kier molecular flexibility index (Phi) is 3.68. The maximum atomic E-state index is 13.3. The van der Waals surface area contributed by atoms with Crippen molar-refractivity contribution in [2.45, 2.75) is 12.8 Å². The summed E-state index contributed by atoms with van der Waals surface area (Å²) in [5.74, 6) is -0.500. The normalized spacial score (nSPS) is 13.9. The number of halogens is 2. The lowest BCUT2D eigenvalue weighted by Gasteiger charge is -2.29. The van der Waals surface area contributed by atoms with E-state index in [1.54, 1.807) is 11.0 Å². The lowest BCUT2D eigenvalue weighted by atomic mass is 10.00. The zero-order chi connectivity index (χ0) is 15.0. The Morgan fingerprint density at radius 1 is 1.24 bits per heavy atom. The molecule has 1 aliphatic rings. The van der Waals surface area contributed by atoms with Crippen molar-refractivity contribution in [2.24, 2.45) is 0 Å². The number of anilines is 2. The van der Waals surface area contributed by atoms with Crippen molar-refractivity contribution in [2.75, 3.05) is 17.2 Å². The zero-order valence-electron chi connectivity index (χ0n) is 11.3. The Bertz CT molecular complexity index is 717. The number of nitrogen functional groups attached to an aromatic ring is 1. The van der Waals surface area contributed by atoms with Crippen molar-refractivity contribution in [3.05, 3.63) is 57.8 Å². The number of aryl methyl sites for hydroxylation is 1. The predicted octanol–water partition coefficient (Wildman–Crippen LogP) is 3.76. The highest BCUT2D eigenvalue weighted by atomic mass is 79.9. The number of amides is 1. The van der Waals surface area contributed by atoms with Gasteiger partial charge in [0.05, 0.1) is 4.47 Å². The summed E-state index contributed by atoms with van der Waals surface area (Å²) in [5.41, 5.74) is 8.94. The van der Waals surface area contributed by atoms with Crippen molar-refractivity contribution in [1.82, 2.24) is 0 Å². The maximum absolute atomic E-state index is 13.3. The van der Waals surface area contributed by atoms with Gasteiger partial charge >= 0.3 is 0 Å². The molecule has 2 aromatic carbocycles. The van der Waals surface area contributed by atoms with Gasteiger partial charge in [0.1, 0.15) is 5.82 Å². The van der Waals surface area contributed by atoms with Gasteiger partial charge in [-0.25, -0.2) is 4.39 Å². The molecule has 0 aliphatic carbocycles. The van der Waals surface area contributed by atoms with E-state index in [0.717, 1.165) is 24.1 Å². The van der Waals surface area contributed by atoms with Gasteiger partial charge in [-0.1, -0.05) is 0 Å². The first-order valence-corrected chi connectivity index (χ1v) is 7.51. The van der Waals surface area contributed by atoms with E-state index in [9.17, 15) is 9.18 Å². The van der Waals surface area contributed by atoms with Gasteiger partial charge in [-0.3, -0.25) is 4.79 Å². The Hall–Kier alpha value is -1.88. The molecule has 1 amide bonds. The van der Waals surface area contributed by atoms with Crippen LogP contribution in [-0.2, 0) is 6.42 Å². The van der Waals surface area contributed by atoms with Gasteiger partial charge < -0.3 is 10.6 Å². The van der Waals surface area contributed by atoms with Crippen LogP contribution in [0.3, 0.4) is 0 Å². The van der Waals surface area contributed by atoms with Crippen molar-refractivity contribution in [3.63, 3.8) is 0 Å². The Morgan fingerprint density at radius 3 is 2.81 bits per heavy atom. The van der Waals surface area contributed by atoms with Gasteiger partial charge in [0.15, 0.2) is 0 Å². The summed E-state index contributed by atoms with van der Waals surface area (Å²) in [5, 5.41) is 0. The molecule has 0 saturated heterocycles. The van der Waals surface area contributed by atoms with Crippen LogP contribution in [0.2, 0.25) is 0 Å². The molecule has 0 fully saturated rings. The van der Waals surface area contributed by atoms with Crippen molar-refractivity contribution < 1.29 is 9.18 Å². The zero-order valence-corrected chi connectivity index (χ0v) is 12.9. The van der Waals surface area contributed by atoms with Gasteiger partial charge in [0.2, 0.25) is 0 Å². The second-order valence-corrected chi connectivity index (χ2v) is 5.93. The number of fused-ring (bicyclic) bond motifs is 1. The fourth-order valence-electron chi connectivity index (χ4n) is 2.61. The van der Waals surface area contributed by atoms with Crippen LogP contribution in [0.4, 0.5) is 15.8 Å². The van der Waals surface area contributed by atoms with Gasteiger partial charge in [0.25, 0.3) is 5.91 Å². The molecule has 21 heavy (non-hydrogen) atoms. The number of hydrogen-bond donors (Lipinski definition) is 1. The van der Waals surface area contributed by atoms with Crippen LogP contribution >= 0.6 is 15.9 Å². The minimum Gasteiger partial charge on any atom is -0.399 e. The lowest BCUT2D eigenvalue weighted by molar-refractivity contribution is 0.0985. The highest BCUT2D eigenvalue weighted by Crippen LogP contribution is 2.30. The Morgan fingerprint density at radius 2 is 2.05 bits per heavy atom. The molecule has 0 aromatic heterocycles. The van der Waals surface area contributed by atoms with E-state index in [1.165, 1.54) is 18.2 Å². The second-order valence-electron chi connectivity index (χ2n) is 5.08. The first-order valence-electron chi connectivity index (χ1n) is 6.71. The minimum absolute atomic E-state index is 0.124. The average molecular weight is 349 g/mol. The summed E-state index contributed by atoms with van der Waals surface area (Å²) in [4.78, 5) is 14.4. The quantitative estimate of drug-likeness (QED) is 0.797. The molecule has 5 heteroatoms. The van der Waals surface area contributed by atoms with Crippen LogP contribution in [0.1, 0.15) is 22.3 Å². The fourth-order valence-corrected chi connectivity index (χ4v) is 2.99. The first kappa shape index (κ1) is 14.1. The molecule has 0 unspecified atom stereocenters. The van der Waals surface area contributed by atoms with E-state index >= 15 is 0 Å². The summed E-state index contributed by atoms with van der Waals surface area (Å²) in [6.45, 7) is 0.657. The highest BCUT2D eigenvalue weighted by molar-refractivity contribution is 9.10. The molecule has 1 heterocycles. The molecular formula is C16H14BrFN2O. The van der Waals surface area contributed by atoms with Crippen LogP contribution < -0.4 is 10.6 Å². The molecule has 1 aliphatic heterocycles. The molecule has 3 rings (SSSR count). The predicted molar refractivity (Wildman–Crippen MR) is 85.0 cm³/mol. The summed E-state index contributed by atoms with van der Waals surface area (Å²) < 4.78 is 13.6. The van der Waals surface area contributed by atoms with E-state index < -0.39 is 0 Å². The third-order valence-corrected chi connectivity index (χ3v) is 4.24. The number of nitrogens with zero attached hydrogens (tertiary/aromatic N) is 1. The number of rotatable bonds is 1. The molecule has 0 spiro atoms. The summed E-state index contributed by atoms with van der Waals surface area (Å²) in [7, 11) is 0. The topological polar surface area (TPSA) is 46.3 Å². The standard InChI is InChI=1S/C16H14BrFN2O/c17-13-9-11(3-5-14(13)18)16(21)20-7-1-2-10-8-12(19)4-6-15(10)20/h3-6,8-9H,1-2,7,19H2. The highest BCUT2D eigenvalue weighted by Gasteiger charge is 2.24. The number of carbonyl (C=O) groups is 1. The molecular weight excluding hydrogens is 335 g/mol. The van der Waals surface area contributed by atoms with Crippen molar-refractivity contribution >= 4 is 33.2 Å². The number of nitrogens with two attached hydrogens (primary N) is 1. The summed E-state index contributed by atoms with van der Waals surface area (Å²) in [6, 6.07) is 9.91. The van der Waals surface area contributed by atoms with E-state index in [4.69, 9.17) is 5.73 Å². The molecule has 2 aromatic rings. The minimum atomic E-state index is -0.377. The van der Waals surface area contributed by atoms with E-state index in [1.807, 2.05) is 12.1 Å². The van der Waals surface area contributed by atoms with Crippen LogP contribution in [0.5, 0.6) is 0 Å². The van der Waals surface area contributed by atoms with Gasteiger partial charge in [-0.05, 0) is 70.7 Å². The van der Waals surface area contributed by atoms with Gasteiger partial charge in [-0.15, -0.1) is 0 Å². The summed E-state index contributed by atoms with van der Waals surface area (Å²) >= 11 is 3.12. The molecule has 0 saturated carbocycles. The summed E-state index contributed by atoms with van der Waals surface area (Å²) in [6.07, 6.45) is 1.81. The number of benzene rings is 2. The third-order valence-electron chi connectivity index (χ3n) is 3.63. The second kappa shape index (κ2) is 5.48. The molecule has 0 radical (unpaired) electrons. The lowest BCUT2D eigenvalue weighted by Crippen LogP contribution is -2.35. The van der Waals surface area contributed by atoms with E-state index in [2.05, 4.69) is 15.9 Å². The third kappa shape index (κ3) is 2.65. The van der Waals surface area contributed by atoms with Crippen molar-refractivity contribution in [1.29, 1.82) is 0 Å². The fraction of sp³-hybridized carbons (Fsp3) is 0.188. The van der Waals surface area contributed by atoms with Gasteiger partial charge in [-0.2, -0.15) is 0 Å². The van der Waals surface area contributed by atoms with Crippen molar-refractivity contribution in [3.8, 4) is 0 Å². The van der Waals surface area contributed by atoms with Crippen LogP contribution in [-0.4, -0.2) is 12.5 Å². The van der Waals surface area contributed by atoms with E-state index in [0.29, 0.717) is 22.3 Å². The number of hydrogen-bond acceptors (Lipinski definition) is 2. The molecule has 0 atom stereocenters. The molecule has 108 valence electrons. The molecule has 3 nitrogen and oxygen atoms in total. The van der Waals surface area contributed by atoms with Crippen LogP contribution in [0, 0.1) is 5.82 Å². The smallest absolute Gasteiger partial charge is 0.258 e. The monoisotopic (exact) mass is 348 g/mol.